The van der Waals surface area contributed by atoms with E-state index in [2.05, 4.69) is 66.5 Å². The summed E-state index contributed by atoms with van der Waals surface area (Å²) >= 11 is 0. The lowest BCUT2D eigenvalue weighted by Gasteiger charge is -2.19. The van der Waals surface area contributed by atoms with E-state index in [0.29, 0.717) is 0 Å². The molecule has 0 aromatic heterocycles. The molecular weight excluding hydrogens is 220 g/mol. The highest BCUT2D eigenvalue weighted by atomic mass is 15.1. The second kappa shape index (κ2) is 6.41. The van der Waals surface area contributed by atoms with Gasteiger partial charge in [-0.3, -0.25) is 0 Å². The third-order valence-corrected chi connectivity index (χ3v) is 3.43. The summed E-state index contributed by atoms with van der Waals surface area (Å²) in [6, 6.07) is 14.9. The van der Waals surface area contributed by atoms with Gasteiger partial charge in [0.05, 0.1) is 0 Å². The molecule has 0 unspecified atom stereocenters. The first-order chi connectivity index (χ1) is 8.85. The smallest absolute Gasteiger partial charge is 0.0420 e. The standard InChI is InChI=1S/C16H22N2/c1-3-18(4-2)13-12-17-16-11-7-9-14-8-5-6-10-15(14)16/h5-11,17H,3-4,12-13H2,1-2H3. The molecule has 2 rings (SSSR count). The van der Waals surface area contributed by atoms with Crippen LogP contribution in [-0.4, -0.2) is 31.1 Å². The van der Waals surface area contributed by atoms with Crippen LogP contribution in [0.1, 0.15) is 13.8 Å². The Balaban J connectivity index is 2.03. The van der Waals surface area contributed by atoms with Crippen molar-refractivity contribution in [3.05, 3.63) is 42.5 Å². The van der Waals surface area contributed by atoms with E-state index in [4.69, 9.17) is 0 Å². The molecule has 0 amide bonds. The minimum atomic E-state index is 0.996. The average Bonchev–Trinajstić information content (AvgIpc) is 2.44. The van der Waals surface area contributed by atoms with Crippen molar-refractivity contribution in [2.45, 2.75) is 13.8 Å². The van der Waals surface area contributed by atoms with Crippen molar-refractivity contribution >= 4 is 16.5 Å². The highest BCUT2D eigenvalue weighted by Crippen LogP contribution is 2.22. The minimum absolute atomic E-state index is 0.996. The molecule has 0 saturated carbocycles. The van der Waals surface area contributed by atoms with Crippen molar-refractivity contribution in [3.63, 3.8) is 0 Å². The molecule has 18 heavy (non-hydrogen) atoms. The predicted octanol–water partition coefficient (Wildman–Crippen LogP) is 3.59. The third kappa shape index (κ3) is 3.02. The van der Waals surface area contributed by atoms with Gasteiger partial charge >= 0.3 is 0 Å². The Labute approximate surface area is 110 Å². The lowest BCUT2D eigenvalue weighted by molar-refractivity contribution is 0.316. The molecule has 2 aromatic carbocycles. The van der Waals surface area contributed by atoms with Gasteiger partial charge in [0.1, 0.15) is 0 Å². The Morgan fingerprint density at radius 1 is 0.944 bits per heavy atom. The number of nitrogens with zero attached hydrogens (tertiary/aromatic N) is 1. The van der Waals surface area contributed by atoms with E-state index in [1.54, 1.807) is 0 Å². The first kappa shape index (κ1) is 12.9. The normalized spacial score (nSPS) is 11.1. The molecule has 1 N–H and O–H groups in total. The summed E-state index contributed by atoms with van der Waals surface area (Å²) in [5, 5.41) is 6.15. The van der Waals surface area contributed by atoms with Gasteiger partial charge in [-0.1, -0.05) is 50.2 Å². The number of anilines is 1. The molecule has 0 saturated heterocycles. The third-order valence-electron chi connectivity index (χ3n) is 3.43. The van der Waals surface area contributed by atoms with E-state index < -0.39 is 0 Å². The number of hydrogen-bond acceptors (Lipinski definition) is 2. The van der Waals surface area contributed by atoms with E-state index in [1.807, 2.05) is 0 Å². The van der Waals surface area contributed by atoms with E-state index in [9.17, 15) is 0 Å². The number of rotatable bonds is 6. The lowest BCUT2D eigenvalue weighted by atomic mass is 10.1. The summed E-state index contributed by atoms with van der Waals surface area (Å²) in [5.74, 6) is 0. The molecule has 0 fully saturated rings. The maximum Gasteiger partial charge on any atom is 0.0420 e. The first-order valence-corrected chi connectivity index (χ1v) is 6.79. The Morgan fingerprint density at radius 3 is 2.44 bits per heavy atom. The van der Waals surface area contributed by atoms with Gasteiger partial charge in [0, 0.05) is 24.2 Å². The van der Waals surface area contributed by atoms with Gasteiger partial charge in [0.25, 0.3) is 0 Å². The van der Waals surface area contributed by atoms with Gasteiger partial charge in [-0.25, -0.2) is 0 Å². The van der Waals surface area contributed by atoms with Gasteiger partial charge < -0.3 is 10.2 Å². The van der Waals surface area contributed by atoms with E-state index in [1.165, 1.54) is 16.5 Å². The highest BCUT2D eigenvalue weighted by molar-refractivity contribution is 5.93. The largest absolute Gasteiger partial charge is 0.383 e. The van der Waals surface area contributed by atoms with Crippen LogP contribution in [-0.2, 0) is 0 Å². The van der Waals surface area contributed by atoms with Crippen LogP contribution < -0.4 is 5.32 Å². The first-order valence-electron chi connectivity index (χ1n) is 6.79. The number of nitrogens with one attached hydrogen (secondary N) is 1. The van der Waals surface area contributed by atoms with Gasteiger partial charge in [0.2, 0.25) is 0 Å². The molecule has 0 aliphatic heterocycles. The van der Waals surface area contributed by atoms with E-state index in [0.717, 1.165) is 26.2 Å². The molecule has 2 aromatic rings. The summed E-state index contributed by atoms with van der Waals surface area (Å²) < 4.78 is 0. The van der Waals surface area contributed by atoms with Gasteiger partial charge in [0.15, 0.2) is 0 Å². The Bertz CT molecular complexity index is 484. The van der Waals surface area contributed by atoms with Crippen molar-refractivity contribution in [3.8, 4) is 0 Å². The second-order valence-corrected chi connectivity index (χ2v) is 4.48. The van der Waals surface area contributed by atoms with E-state index in [-0.39, 0.29) is 0 Å². The molecule has 0 atom stereocenters. The van der Waals surface area contributed by atoms with Crippen LogP contribution in [0, 0.1) is 0 Å². The summed E-state index contributed by atoms with van der Waals surface area (Å²) in [4.78, 5) is 2.43. The van der Waals surface area contributed by atoms with Crippen LogP contribution in [0.4, 0.5) is 5.69 Å². The zero-order valence-corrected chi connectivity index (χ0v) is 11.3. The van der Waals surface area contributed by atoms with Crippen LogP contribution in [0.3, 0.4) is 0 Å². The highest BCUT2D eigenvalue weighted by Gasteiger charge is 2.01. The van der Waals surface area contributed by atoms with Crippen molar-refractivity contribution < 1.29 is 0 Å². The molecule has 2 heteroatoms. The van der Waals surface area contributed by atoms with Crippen LogP contribution in [0.5, 0.6) is 0 Å². The quantitative estimate of drug-likeness (QED) is 0.832. The van der Waals surface area contributed by atoms with Crippen molar-refractivity contribution in [1.29, 1.82) is 0 Å². The monoisotopic (exact) mass is 242 g/mol. The zero-order chi connectivity index (χ0) is 12.8. The molecule has 0 bridgehead atoms. The second-order valence-electron chi connectivity index (χ2n) is 4.48. The fourth-order valence-electron chi connectivity index (χ4n) is 2.27. The summed E-state index contributed by atoms with van der Waals surface area (Å²) in [7, 11) is 0. The Morgan fingerprint density at radius 2 is 1.67 bits per heavy atom. The van der Waals surface area contributed by atoms with Gasteiger partial charge in [-0.15, -0.1) is 0 Å². The molecule has 96 valence electrons. The van der Waals surface area contributed by atoms with Crippen LogP contribution in [0.25, 0.3) is 10.8 Å². The number of hydrogen-bond donors (Lipinski definition) is 1. The zero-order valence-electron chi connectivity index (χ0n) is 11.3. The Hall–Kier alpha value is -1.54. The molecular formula is C16H22N2. The average molecular weight is 242 g/mol. The maximum atomic E-state index is 3.55. The lowest BCUT2D eigenvalue weighted by Crippen LogP contribution is -2.28. The fraction of sp³-hybridized carbons (Fsp3) is 0.375. The summed E-state index contributed by atoms with van der Waals surface area (Å²) in [6.45, 7) is 8.75. The van der Waals surface area contributed by atoms with Crippen molar-refractivity contribution in [2.24, 2.45) is 0 Å². The maximum absolute atomic E-state index is 3.55. The molecule has 0 radical (unpaired) electrons. The summed E-state index contributed by atoms with van der Waals surface area (Å²) in [6.07, 6.45) is 0. The Kier molecular flexibility index (Phi) is 4.59. The molecule has 0 heterocycles. The van der Waals surface area contributed by atoms with E-state index >= 15 is 0 Å². The van der Waals surface area contributed by atoms with Gasteiger partial charge in [-0.2, -0.15) is 0 Å². The van der Waals surface area contributed by atoms with Crippen LogP contribution in [0.2, 0.25) is 0 Å². The number of likely N-dealkylation sites (N-methyl/N-ethyl adjacent to an activating group) is 1. The number of fused-ring (bicyclic) bond motifs is 1. The minimum Gasteiger partial charge on any atom is -0.383 e. The van der Waals surface area contributed by atoms with Crippen molar-refractivity contribution in [1.82, 2.24) is 4.90 Å². The molecule has 0 aliphatic carbocycles. The van der Waals surface area contributed by atoms with Gasteiger partial charge in [-0.05, 0) is 24.5 Å². The molecule has 0 aliphatic rings. The molecule has 0 spiro atoms. The van der Waals surface area contributed by atoms with Crippen LogP contribution >= 0.6 is 0 Å². The van der Waals surface area contributed by atoms with Crippen molar-refractivity contribution in [2.75, 3.05) is 31.5 Å². The predicted molar refractivity (Wildman–Crippen MR) is 80.2 cm³/mol. The van der Waals surface area contributed by atoms with Crippen LogP contribution in [0.15, 0.2) is 42.5 Å². The number of benzene rings is 2. The molecule has 2 nitrogen and oxygen atoms in total. The topological polar surface area (TPSA) is 15.3 Å². The SMILES string of the molecule is CCN(CC)CCNc1cccc2ccccc12. The summed E-state index contributed by atoms with van der Waals surface area (Å²) in [5.41, 5.74) is 1.24. The fourth-order valence-corrected chi connectivity index (χ4v) is 2.27.